The summed E-state index contributed by atoms with van der Waals surface area (Å²) in [6.07, 6.45) is 0. The molecule has 3 rings (SSSR count). The first-order valence-electron chi connectivity index (χ1n) is 7.85. The van der Waals surface area contributed by atoms with E-state index in [1.54, 1.807) is 21.9 Å². The molecule has 0 bridgehead atoms. The second-order valence-corrected chi connectivity index (χ2v) is 6.55. The number of piperazine rings is 1. The average molecular weight is 321 g/mol. The first-order valence-corrected chi connectivity index (χ1v) is 8.23. The highest BCUT2D eigenvalue weighted by atomic mass is 35.5. The highest BCUT2D eigenvalue weighted by Crippen LogP contribution is 2.09. The van der Waals surface area contributed by atoms with Crippen LogP contribution in [-0.4, -0.2) is 26.2 Å². The van der Waals surface area contributed by atoms with Crippen molar-refractivity contribution in [2.75, 3.05) is 26.2 Å². The number of quaternary nitrogens is 2. The van der Waals surface area contributed by atoms with Gasteiger partial charge in [0.2, 0.25) is 0 Å². The van der Waals surface area contributed by atoms with E-state index in [-0.39, 0.29) is 5.82 Å². The van der Waals surface area contributed by atoms with Crippen LogP contribution in [-0.2, 0) is 13.1 Å². The molecule has 0 saturated carbocycles. The molecule has 0 spiro atoms. The van der Waals surface area contributed by atoms with Gasteiger partial charge in [0.15, 0.2) is 0 Å². The summed E-state index contributed by atoms with van der Waals surface area (Å²) < 4.78 is 13.2. The largest absolute Gasteiger partial charge is 0.322 e. The highest BCUT2D eigenvalue weighted by molar-refractivity contribution is 6.30. The van der Waals surface area contributed by atoms with Crippen LogP contribution in [0.3, 0.4) is 0 Å². The molecular weight excluding hydrogens is 299 g/mol. The molecular formula is C18H22ClFN2+2. The van der Waals surface area contributed by atoms with Gasteiger partial charge in [-0.3, -0.25) is 0 Å². The SMILES string of the molecule is Fc1cccc(C[NH+]2CC[NH+](Cc3cccc(Cl)c3)CC2)c1. The minimum Gasteiger partial charge on any atom is -0.322 e. The molecule has 0 atom stereocenters. The van der Waals surface area contributed by atoms with Gasteiger partial charge in [-0.05, 0) is 24.3 Å². The number of halogens is 2. The second kappa shape index (κ2) is 7.23. The van der Waals surface area contributed by atoms with Gasteiger partial charge in [-0.2, -0.15) is 0 Å². The van der Waals surface area contributed by atoms with Crippen LogP contribution < -0.4 is 9.80 Å². The Morgan fingerprint density at radius 2 is 1.36 bits per heavy atom. The lowest BCUT2D eigenvalue weighted by molar-refractivity contribution is -1.02. The van der Waals surface area contributed by atoms with E-state index < -0.39 is 0 Å². The standard InChI is InChI=1S/C18H20ClFN2/c19-17-5-1-3-15(11-17)13-21-7-9-22(10-8-21)14-16-4-2-6-18(20)12-16/h1-6,11-12H,7-10,13-14H2/p+2. The fraction of sp³-hybridized carbons (Fsp3) is 0.333. The van der Waals surface area contributed by atoms with E-state index in [1.165, 1.54) is 11.6 Å². The zero-order chi connectivity index (χ0) is 15.4. The van der Waals surface area contributed by atoms with Crippen molar-refractivity contribution in [1.29, 1.82) is 0 Å². The molecule has 0 amide bonds. The smallest absolute Gasteiger partial charge is 0.127 e. The Kier molecular flexibility index (Phi) is 5.08. The van der Waals surface area contributed by atoms with Crippen molar-refractivity contribution in [3.8, 4) is 0 Å². The van der Waals surface area contributed by atoms with Crippen LogP contribution in [0, 0.1) is 5.82 Å². The third kappa shape index (κ3) is 4.29. The monoisotopic (exact) mass is 320 g/mol. The summed E-state index contributed by atoms with van der Waals surface area (Å²) in [6, 6.07) is 15.1. The van der Waals surface area contributed by atoms with E-state index >= 15 is 0 Å². The fourth-order valence-electron chi connectivity index (χ4n) is 3.18. The molecule has 2 aromatic carbocycles. The van der Waals surface area contributed by atoms with Gasteiger partial charge in [0.05, 0.1) is 0 Å². The van der Waals surface area contributed by atoms with E-state index in [0.717, 1.165) is 49.9 Å². The Labute approximate surface area is 136 Å². The van der Waals surface area contributed by atoms with E-state index in [1.807, 2.05) is 18.2 Å². The average Bonchev–Trinajstić information content (AvgIpc) is 2.49. The van der Waals surface area contributed by atoms with Crippen molar-refractivity contribution in [3.05, 3.63) is 70.5 Å². The predicted molar refractivity (Wildman–Crippen MR) is 86.7 cm³/mol. The van der Waals surface area contributed by atoms with Crippen LogP contribution in [0.2, 0.25) is 5.02 Å². The molecule has 4 heteroatoms. The molecule has 2 aromatic rings. The molecule has 1 heterocycles. The zero-order valence-corrected chi connectivity index (χ0v) is 13.4. The molecule has 1 aliphatic heterocycles. The number of hydrogen-bond acceptors (Lipinski definition) is 0. The first-order chi connectivity index (χ1) is 10.7. The van der Waals surface area contributed by atoms with Crippen molar-refractivity contribution in [1.82, 2.24) is 0 Å². The highest BCUT2D eigenvalue weighted by Gasteiger charge is 2.23. The Morgan fingerprint density at radius 1 is 0.818 bits per heavy atom. The maximum Gasteiger partial charge on any atom is 0.127 e. The van der Waals surface area contributed by atoms with Crippen LogP contribution in [0.5, 0.6) is 0 Å². The summed E-state index contributed by atoms with van der Waals surface area (Å²) in [5.74, 6) is -0.137. The van der Waals surface area contributed by atoms with Gasteiger partial charge < -0.3 is 9.80 Å². The van der Waals surface area contributed by atoms with Gasteiger partial charge in [-0.15, -0.1) is 0 Å². The van der Waals surface area contributed by atoms with Gasteiger partial charge in [0.1, 0.15) is 45.1 Å². The quantitative estimate of drug-likeness (QED) is 0.830. The maximum absolute atomic E-state index is 13.2. The molecule has 0 unspecified atom stereocenters. The summed E-state index contributed by atoms with van der Waals surface area (Å²) >= 11 is 6.04. The van der Waals surface area contributed by atoms with Crippen molar-refractivity contribution in [2.24, 2.45) is 0 Å². The van der Waals surface area contributed by atoms with Crippen molar-refractivity contribution in [3.63, 3.8) is 0 Å². The number of nitrogens with one attached hydrogen (secondary N) is 2. The molecule has 0 radical (unpaired) electrons. The molecule has 1 fully saturated rings. The Bertz CT molecular complexity index is 568. The normalized spacial score (nSPS) is 21.7. The third-order valence-corrected chi connectivity index (χ3v) is 4.59. The molecule has 1 aliphatic rings. The van der Waals surface area contributed by atoms with Gasteiger partial charge >= 0.3 is 0 Å². The number of rotatable bonds is 4. The van der Waals surface area contributed by atoms with Crippen molar-refractivity contribution < 1.29 is 14.2 Å². The summed E-state index contributed by atoms with van der Waals surface area (Å²) in [6.45, 7) is 6.52. The summed E-state index contributed by atoms with van der Waals surface area (Å²) in [5, 5.41) is 0.812. The van der Waals surface area contributed by atoms with Gasteiger partial charge in [0, 0.05) is 16.1 Å². The van der Waals surface area contributed by atoms with Crippen LogP contribution in [0.1, 0.15) is 11.1 Å². The van der Waals surface area contributed by atoms with Crippen LogP contribution >= 0.6 is 11.6 Å². The lowest BCUT2D eigenvalue weighted by Gasteiger charge is -2.29. The molecule has 22 heavy (non-hydrogen) atoms. The van der Waals surface area contributed by atoms with Gasteiger partial charge in [0.25, 0.3) is 0 Å². The minimum atomic E-state index is -0.137. The maximum atomic E-state index is 13.2. The second-order valence-electron chi connectivity index (χ2n) is 6.11. The first kappa shape index (κ1) is 15.5. The van der Waals surface area contributed by atoms with E-state index in [9.17, 15) is 4.39 Å². The zero-order valence-electron chi connectivity index (χ0n) is 12.6. The topological polar surface area (TPSA) is 8.88 Å². The minimum absolute atomic E-state index is 0.137. The molecule has 1 saturated heterocycles. The Hall–Kier alpha value is -1.42. The molecule has 0 aliphatic carbocycles. The Morgan fingerprint density at radius 3 is 1.91 bits per heavy atom. The lowest BCUT2D eigenvalue weighted by atomic mass is 10.1. The van der Waals surface area contributed by atoms with Crippen LogP contribution in [0.25, 0.3) is 0 Å². The molecule has 2 nitrogen and oxygen atoms in total. The third-order valence-electron chi connectivity index (χ3n) is 4.35. The van der Waals surface area contributed by atoms with Crippen LogP contribution in [0.4, 0.5) is 4.39 Å². The van der Waals surface area contributed by atoms with Gasteiger partial charge in [-0.25, -0.2) is 4.39 Å². The predicted octanol–water partition coefficient (Wildman–Crippen LogP) is 0.963. The number of benzene rings is 2. The van der Waals surface area contributed by atoms with E-state index in [2.05, 4.69) is 12.1 Å². The van der Waals surface area contributed by atoms with E-state index in [4.69, 9.17) is 11.6 Å². The summed E-state index contributed by atoms with van der Waals surface area (Å²) in [7, 11) is 0. The van der Waals surface area contributed by atoms with E-state index in [0.29, 0.717) is 0 Å². The van der Waals surface area contributed by atoms with Crippen LogP contribution in [0.15, 0.2) is 48.5 Å². The number of hydrogen-bond donors (Lipinski definition) is 2. The molecule has 116 valence electrons. The van der Waals surface area contributed by atoms with Crippen molar-refractivity contribution >= 4 is 11.6 Å². The van der Waals surface area contributed by atoms with Gasteiger partial charge in [-0.1, -0.05) is 35.9 Å². The molecule has 2 N–H and O–H groups in total. The Balaban J connectivity index is 1.50. The molecule has 0 aromatic heterocycles. The van der Waals surface area contributed by atoms with Crippen molar-refractivity contribution in [2.45, 2.75) is 13.1 Å². The summed E-state index contributed by atoms with van der Waals surface area (Å²) in [4.78, 5) is 3.14. The lowest BCUT2D eigenvalue weighted by Crippen LogP contribution is -3.27. The fourth-order valence-corrected chi connectivity index (χ4v) is 3.39. The summed E-state index contributed by atoms with van der Waals surface area (Å²) in [5.41, 5.74) is 2.39.